The molecular formula is C38H43F3N6O5S. The summed E-state index contributed by atoms with van der Waals surface area (Å²) in [5.74, 6) is 0.0583. The van der Waals surface area contributed by atoms with E-state index in [1.807, 2.05) is 32.0 Å². The molecular weight excluding hydrogens is 710 g/mol. The number of piperidine rings is 1. The van der Waals surface area contributed by atoms with E-state index in [1.54, 1.807) is 23.2 Å². The van der Waals surface area contributed by atoms with Crippen LogP contribution < -0.4 is 15.4 Å². The molecule has 0 bridgehead atoms. The third kappa shape index (κ3) is 13.1. The maximum absolute atomic E-state index is 12.7. The second kappa shape index (κ2) is 18.6. The highest BCUT2D eigenvalue weighted by molar-refractivity contribution is 7.15. The SMILES string of the molecule is CC(C)COC(=O)N1CCC(c2ccc(CC(=O)Nc3nnc(CCCCc4ccc(NC(=O)Cc5cccc(OC(F)(F)F)c5)nc4)s3)cc2)CC1. The summed E-state index contributed by atoms with van der Waals surface area (Å²) in [5.41, 5.74) is 3.47. The average Bonchev–Trinajstić information content (AvgIpc) is 3.56. The van der Waals surface area contributed by atoms with Crippen LogP contribution in [0.4, 0.5) is 28.9 Å². The Labute approximate surface area is 310 Å². The van der Waals surface area contributed by atoms with Crippen molar-refractivity contribution in [3.63, 3.8) is 0 Å². The number of unbranched alkanes of at least 4 members (excludes halogenated alkanes) is 1. The van der Waals surface area contributed by atoms with Gasteiger partial charge in [-0.1, -0.05) is 67.6 Å². The van der Waals surface area contributed by atoms with Gasteiger partial charge in [0.25, 0.3) is 0 Å². The van der Waals surface area contributed by atoms with E-state index in [0.29, 0.717) is 54.5 Å². The number of halogens is 3. The van der Waals surface area contributed by atoms with E-state index in [1.165, 1.54) is 35.1 Å². The molecule has 0 spiro atoms. The summed E-state index contributed by atoms with van der Waals surface area (Å²) in [5, 5.41) is 15.2. The van der Waals surface area contributed by atoms with Crippen molar-refractivity contribution < 1.29 is 37.0 Å². The molecule has 0 atom stereocenters. The van der Waals surface area contributed by atoms with E-state index >= 15 is 0 Å². The zero-order valence-corrected chi connectivity index (χ0v) is 30.5. The quantitative estimate of drug-likeness (QED) is 0.118. The van der Waals surface area contributed by atoms with Crippen molar-refractivity contribution in [2.24, 2.45) is 5.92 Å². The van der Waals surface area contributed by atoms with Crippen LogP contribution in [-0.2, 0) is 40.0 Å². The summed E-state index contributed by atoms with van der Waals surface area (Å²) >= 11 is 1.36. The highest BCUT2D eigenvalue weighted by Crippen LogP contribution is 2.29. The van der Waals surface area contributed by atoms with Crippen LogP contribution in [0.3, 0.4) is 0 Å². The number of nitrogens with one attached hydrogen (secondary N) is 2. The minimum Gasteiger partial charge on any atom is -0.449 e. The Hall–Kier alpha value is -5.05. The Morgan fingerprint density at radius 1 is 0.887 bits per heavy atom. The summed E-state index contributed by atoms with van der Waals surface area (Å²) in [6, 6.07) is 16.9. The second-order valence-electron chi connectivity index (χ2n) is 13.4. The lowest BCUT2D eigenvalue weighted by Crippen LogP contribution is -2.38. The summed E-state index contributed by atoms with van der Waals surface area (Å²) in [6.45, 7) is 5.80. The maximum atomic E-state index is 12.7. The molecule has 2 aromatic carbocycles. The second-order valence-corrected chi connectivity index (χ2v) is 14.4. The van der Waals surface area contributed by atoms with Crippen LogP contribution in [0, 0.1) is 5.92 Å². The lowest BCUT2D eigenvalue weighted by atomic mass is 9.89. The first kappa shape index (κ1) is 39.2. The van der Waals surface area contributed by atoms with Gasteiger partial charge in [0.1, 0.15) is 16.6 Å². The lowest BCUT2D eigenvalue weighted by Gasteiger charge is -2.31. The first-order chi connectivity index (χ1) is 25.4. The van der Waals surface area contributed by atoms with Crippen LogP contribution >= 0.6 is 11.3 Å². The third-order valence-electron chi connectivity index (χ3n) is 8.52. The molecule has 2 N–H and O–H groups in total. The maximum Gasteiger partial charge on any atom is 0.573 e. The molecule has 0 radical (unpaired) electrons. The van der Waals surface area contributed by atoms with Gasteiger partial charge in [0, 0.05) is 25.7 Å². The van der Waals surface area contributed by atoms with Crippen molar-refractivity contribution in [2.45, 2.75) is 77.5 Å². The number of carbonyl (C=O) groups is 3. The molecule has 0 saturated carbocycles. The van der Waals surface area contributed by atoms with E-state index in [9.17, 15) is 27.6 Å². The van der Waals surface area contributed by atoms with E-state index < -0.39 is 12.3 Å². The summed E-state index contributed by atoms with van der Waals surface area (Å²) < 4.78 is 46.7. The molecule has 4 aromatic rings. The number of anilines is 2. The number of aromatic nitrogens is 3. The molecule has 3 amide bonds. The van der Waals surface area contributed by atoms with Crippen LogP contribution in [-0.4, -0.2) is 64.0 Å². The van der Waals surface area contributed by atoms with Gasteiger partial charge < -0.3 is 25.0 Å². The number of likely N-dealkylation sites (tertiary alicyclic amines) is 1. The smallest absolute Gasteiger partial charge is 0.449 e. The number of benzene rings is 2. The van der Waals surface area contributed by atoms with Gasteiger partial charge in [0.15, 0.2) is 0 Å². The van der Waals surface area contributed by atoms with Gasteiger partial charge in [-0.05, 0) is 84.4 Å². The molecule has 5 rings (SSSR count). The predicted molar refractivity (Wildman–Crippen MR) is 195 cm³/mol. The Balaban J connectivity index is 0.969. The van der Waals surface area contributed by atoms with Crippen LogP contribution in [0.2, 0.25) is 0 Å². The Morgan fingerprint density at radius 2 is 1.58 bits per heavy atom. The van der Waals surface area contributed by atoms with Gasteiger partial charge in [-0.2, -0.15) is 0 Å². The molecule has 11 nitrogen and oxygen atoms in total. The molecule has 53 heavy (non-hydrogen) atoms. The monoisotopic (exact) mass is 752 g/mol. The molecule has 1 aliphatic rings. The molecule has 1 saturated heterocycles. The number of hydrogen-bond donors (Lipinski definition) is 2. The van der Waals surface area contributed by atoms with Crippen molar-refractivity contribution in [3.05, 3.63) is 94.1 Å². The topological polar surface area (TPSA) is 136 Å². The van der Waals surface area contributed by atoms with Crippen molar-refractivity contribution in [2.75, 3.05) is 30.3 Å². The van der Waals surface area contributed by atoms with Crippen LogP contribution in [0.25, 0.3) is 0 Å². The largest absolute Gasteiger partial charge is 0.573 e. The number of alkyl halides is 3. The van der Waals surface area contributed by atoms with E-state index in [-0.39, 0.29) is 30.6 Å². The van der Waals surface area contributed by atoms with Gasteiger partial charge in [-0.3, -0.25) is 9.59 Å². The number of aryl methyl sites for hydroxylation is 2. The van der Waals surface area contributed by atoms with Crippen molar-refractivity contribution in [1.29, 1.82) is 0 Å². The molecule has 0 unspecified atom stereocenters. The number of pyridine rings is 1. The van der Waals surface area contributed by atoms with Gasteiger partial charge in [-0.25, -0.2) is 9.78 Å². The van der Waals surface area contributed by atoms with Gasteiger partial charge in [0.2, 0.25) is 16.9 Å². The van der Waals surface area contributed by atoms with Crippen molar-refractivity contribution in [3.8, 4) is 5.75 Å². The Morgan fingerprint density at radius 3 is 2.28 bits per heavy atom. The van der Waals surface area contributed by atoms with E-state index in [2.05, 4.69) is 42.7 Å². The normalized spacial score (nSPS) is 13.5. The van der Waals surface area contributed by atoms with Crippen LogP contribution in [0.1, 0.15) is 72.7 Å². The standard InChI is InChI=1S/C38H43F3N6O5S/c1-25(2)24-51-37(50)47-18-16-30(17-19-47)29-13-10-26(11-14-29)21-34(49)44-36-46-45-35(53-36)9-4-3-6-27-12-15-32(42-23-27)43-33(48)22-28-7-5-8-31(20-28)52-38(39,40)41/h5,7-8,10-15,20,23,25,30H,3-4,6,9,16-19,21-22,24H2,1-2H3,(H,42,43,48)(H,44,46,49). The predicted octanol–water partition coefficient (Wildman–Crippen LogP) is 7.73. The van der Waals surface area contributed by atoms with Crippen molar-refractivity contribution >= 4 is 40.2 Å². The third-order valence-corrected chi connectivity index (χ3v) is 9.42. The zero-order valence-electron chi connectivity index (χ0n) is 29.7. The fraction of sp³-hybridized carbons (Fsp3) is 0.421. The fourth-order valence-electron chi connectivity index (χ4n) is 5.86. The number of hydrogen-bond acceptors (Lipinski definition) is 9. The molecule has 282 valence electrons. The lowest BCUT2D eigenvalue weighted by molar-refractivity contribution is -0.274. The van der Waals surface area contributed by atoms with E-state index in [0.717, 1.165) is 48.2 Å². The Kier molecular flexibility index (Phi) is 13.8. The van der Waals surface area contributed by atoms with Gasteiger partial charge >= 0.3 is 12.5 Å². The molecule has 2 aromatic heterocycles. The Bertz CT molecular complexity index is 1810. The number of carbonyl (C=O) groups excluding carboxylic acids is 3. The number of amides is 3. The first-order valence-electron chi connectivity index (χ1n) is 17.6. The fourth-order valence-corrected chi connectivity index (χ4v) is 6.66. The average molecular weight is 753 g/mol. The first-order valence-corrected chi connectivity index (χ1v) is 18.4. The molecule has 15 heteroatoms. The highest BCUT2D eigenvalue weighted by Gasteiger charge is 2.31. The van der Waals surface area contributed by atoms with E-state index in [4.69, 9.17) is 4.74 Å². The summed E-state index contributed by atoms with van der Waals surface area (Å²) in [7, 11) is 0. The number of nitrogens with zero attached hydrogens (tertiary/aromatic N) is 4. The van der Waals surface area contributed by atoms with Crippen molar-refractivity contribution in [1.82, 2.24) is 20.1 Å². The number of ether oxygens (including phenoxy) is 2. The molecule has 3 heterocycles. The van der Waals surface area contributed by atoms with Gasteiger partial charge in [0.05, 0.1) is 19.4 Å². The highest BCUT2D eigenvalue weighted by atomic mass is 32.1. The van der Waals surface area contributed by atoms with Crippen LogP contribution in [0.15, 0.2) is 66.9 Å². The van der Waals surface area contributed by atoms with Crippen LogP contribution in [0.5, 0.6) is 5.75 Å². The summed E-state index contributed by atoms with van der Waals surface area (Å²) in [6.07, 6.45) is 1.67. The molecule has 0 aliphatic carbocycles. The van der Waals surface area contributed by atoms with Gasteiger partial charge in [-0.15, -0.1) is 23.4 Å². The number of rotatable bonds is 15. The minimum absolute atomic E-state index is 0.134. The molecule has 1 aliphatic heterocycles. The minimum atomic E-state index is -4.81. The summed E-state index contributed by atoms with van der Waals surface area (Å²) in [4.78, 5) is 43.4. The zero-order chi connectivity index (χ0) is 37.8. The molecule has 1 fully saturated rings.